The van der Waals surface area contributed by atoms with Crippen molar-refractivity contribution in [3.8, 4) is 11.1 Å². The van der Waals surface area contributed by atoms with Crippen LogP contribution in [0.2, 0.25) is 5.02 Å². The van der Waals surface area contributed by atoms with Crippen LogP contribution in [-0.4, -0.2) is 34.5 Å². The maximum absolute atomic E-state index is 14.7. The summed E-state index contributed by atoms with van der Waals surface area (Å²) in [5.74, 6) is 0.579. The summed E-state index contributed by atoms with van der Waals surface area (Å²) in [5, 5.41) is 3.21. The predicted octanol–water partition coefficient (Wildman–Crippen LogP) is 5.85. The number of nitrogens with one attached hydrogen (secondary N) is 1. The van der Waals surface area contributed by atoms with E-state index in [-0.39, 0.29) is 11.5 Å². The maximum atomic E-state index is 14.7. The number of fused-ring (bicyclic) bond motifs is 1. The van der Waals surface area contributed by atoms with E-state index in [1.54, 1.807) is 43.9 Å². The van der Waals surface area contributed by atoms with Crippen LogP contribution in [0.25, 0.3) is 16.7 Å². The first-order chi connectivity index (χ1) is 17.5. The minimum absolute atomic E-state index is 0.0285. The van der Waals surface area contributed by atoms with E-state index < -0.39 is 5.82 Å². The van der Waals surface area contributed by atoms with Gasteiger partial charge in [-0.25, -0.2) is 14.4 Å². The number of aromatic nitrogens is 2. The van der Waals surface area contributed by atoms with Crippen LogP contribution in [0.4, 0.5) is 10.2 Å². The van der Waals surface area contributed by atoms with Gasteiger partial charge in [0.15, 0.2) is 5.84 Å². The first kappa shape index (κ1) is 23.5. The number of carbonyl (C=O) groups is 1. The summed E-state index contributed by atoms with van der Waals surface area (Å²) in [7, 11) is 1.64. The number of amides is 1. The Balaban J connectivity index is 1.62. The van der Waals surface area contributed by atoms with Crippen molar-refractivity contribution in [1.82, 2.24) is 9.97 Å². The van der Waals surface area contributed by atoms with Crippen molar-refractivity contribution in [2.45, 2.75) is 12.8 Å². The van der Waals surface area contributed by atoms with Gasteiger partial charge >= 0.3 is 0 Å². The third-order valence-corrected chi connectivity index (χ3v) is 6.20. The molecular formula is C28H21ClFN5O. The number of amidine groups is 1. The second-order valence-corrected chi connectivity index (χ2v) is 8.72. The number of anilines is 1. The number of hydrogen-bond donors (Lipinski definition) is 1. The molecule has 2 aliphatic heterocycles. The van der Waals surface area contributed by atoms with Crippen LogP contribution in [-0.2, 0) is 11.2 Å². The molecule has 3 aromatic rings. The zero-order valence-electron chi connectivity index (χ0n) is 19.4. The van der Waals surface area contributed by atoms with Gasteiger partial charge in [-0.2, -0.15) is 0 Å². The molecule has 2 aliphatic rings. The van der Waals surface area contributed by atoms with E-state index in [0.29, 0.717) is 35.2 Å². The molecule has 4 heterocycles. The number of allylic oxidation sites excluding steroid dienone is 3. The predicted molar refractivity (Wildman–Crippen MR) is 142 cm³/mol. The number of dihydropyridines is 1. The fraction of sp³-hybridized carbons (Fsp3) is 0.107. The third kappa shape index (κ3) is 4.53. The summed E-state index contributed by atoms with van der Waals surface area (Å²) in [6.07, 6.45) is 11.6. The Kier molecular flexibility index (Phi) is 6.40. The van der Waals surface area contributed by atoms with E-state index in [2.05, 4.69) is 31.8 Å². The van der Waals surface area contributed by atoms with Crippen molar-refractivity contribution in [2.75, 3.05) is 12.4 Å². The van der Waals surface area contributed by atoms with Crippen molar-refractivity contribution >= 4 is 40.4 Å². The summed E-state index contributed by atoms with van der Waals surface area (Å²) >= 11 is 6.15. The van der Waals surface area contributed by atoms with E-state index in [1.165, 1.54) is 12.1 Å². The maximum Gasteiger partial charge on any atom is 0.225 e. The van der Waals surface area contributed by atoms with Crippen LogP contribution in [0.15, 0.2) is 89.3 Å². The van der Waals surface area contributed by atoms with Crippen molar-refractivity contribution in [1.29, 1.82) is 0 Å². The minimum atomic E-state index is -0.431. The lowest BCUT2D eigenvalue weighted by molar-refractivity contribution is -0.116. The van der Waals surface area contributed by atoms with Crippen molar-refractivity contribution in [3.63, 3.8) is 0 Å². The minimum Gasteiger partial charge on any atom is -0.310 e. The normalized spacial score (nSPS) is 17.4. The van der Waals surface area contributed by atoms with Gasteiger partial charge in [-0.15, -0.1) is 0 Å². The summed E-state index contributed by atoms with van der Waals surface area (Å²) in [5.41, 5.74) is 5.70. The number of nitrogens with zero attached hydrogens (tertiary/aromatic N) is 4. The second-order valence-electron chi connectivity index (χ2n) is 8.28. The number of benzene rings is 1. The van der Waals surface area contributed by atoms with Gasteiger partial charge in [-0.05, 0) is 54.0 Å². The molecule has 178 valence electrons. The fourth-order valence-electron chi connectivity index (χ4n) is 4.22. The molecule has 0 saturated heterocycles. The molecule has 1 N–H and O–H groups in total. The molecular weight excluding hydrogens is 477 g/mol. The Morgan fingerprint density at radius 2 is 1.92 bits per heavy atom. The number of carbonyl (C=O) groups excluding carboxylic acids is 1. The van der Waals surface area contributed by atoms with Crippen LogP contribution >= 0.6 is 11.6 Å². The second kappa shape index (κ2) is 9.79. The molecule has 0 unspecified atom stereocenters. The van der Waals surface area contributed by atoms with Gasteiger partial charge in [0.05, 0.1) is 5.71 Å². The molecule has 5 rings (SSSR count). The molecule has 0 saturated carbocycles. The van der Waals surface area contributed by atoms with E-state index in [4.69, 9.17) is 11.6 Å². The van der Waals surface area contributed by atoms with Crippen LogP contribution in [0, 0.1) is 5.82 Å². The standard InChI is InChI=1S/C28H21ClFN5O/c1-3-4-21-22(12-25(34-28(21)31-2)23-11-20(29)6-7-24(23)30)19-10-17(13-32-14-19)18-9-16-5-8-26(36)35-27(16)33-15-18/h3-4,6-7,9-15H,1,5,8H2,2H3,(H,33,35,36)/b21-4-,31-28+. The molecule has 0 fully saturated rings. The number of halogens is 2. The molecule has 2 aromatic heterocycles. The summed E-state index contributed by atoms with van der Waals surface area (Å²) in [6.45, 7) is 3.83. The van der Waals surface area contributed by atoms with Crippen molar-refractivity contribution in [3.05, 3.63) is 107 Å². The molecule has 1 amide bonds. The number of hydrogen-bond acceptors (Lipinski definition) is 4. The molecule has 0 spiro atoms. The Hall–Kier alpha value is -4.23. The average molecular weight is 498 g/mol. The number of pyridine rings is 2. The molecule has 0 radical (unpaired) electrons. The van der Waals surface area contributed by atoms with Gasteiger partial charge in [0.2, 0.25) is 5.91 Å². The van der Waals surface area contributed by atoms with E-state index in [9.17, 15) is 9.18 Å². The van der Waals surface area contributed by atoms with Crippen LogP contribution in [0.1, 0.15) is 23.1 Å². The summed E-state index contributed by atoms with van der Waals surface area (Å²) in [4.78, 5) is 29.5. The Bertz CT molecular complexity index is 1540. The third-order valence-electron chi connectivity index (χ3n) is 5.97. The highest BCUT2D eigenvalue weighted by molar-refractivity contribution is 6.32. The van der Waals surface area contributed by atoms with Gasteiger partial charge in [0.25, 0.3) is 0 Å². The fourth-order valence-corrected chi connectivity index (χ4v) is 4.40. The summed E-state index contributed by atoms with van der Waals surface area (Å²) < 4.78 is 14.7. The highest BCUT2D eigenvalue weighted by Crippen LogP contribution is 2.33. The quantitative estimate of drug-likeness (QED) is 0.491. The van der Waals surface area contributed by atoms with Crippen LogP contribution < -0.4 is 5.32 Å². The van der Waals surface area contributed by atoms with Gasteiger partial charge < -0.3 is 5.32 Å². The average Bonchev–Trinajstić information content (AvgIpc) is 2.90. The van der Waals surface area contributed by atoms with Gasteiger partial charge in [-0.1, -0.05) is 30.3 Å². The van der Waals surface area contributed by atoms with Crippen molar-refractivity contribution < 1.29 is 9.18 Å². The SMILES string of the molecule is C=C/C=C1/C(c2cncc(-c3cnc4c(c3)CCC(=O)N4)c2)=CC(c2cc(Cl)ccc2F)=N/C1=N/C. The Morgan fingerprint density at radius 1 is 1.11 bits per heavy atom. The Labute approximate surface area is 212 Å². The van der Waals surface area contributed by atoms with E-state index >= 15 is 0 Å². The molecule has 0 bridgehead atoms. The van der Waals surface area contributed by atoms with Gasteiger partial charge in [0.1, 0.15) is 11.6 Å². The van der Waals surface area contributed by atoms with Gasteiger partial charge in [0, 0.05) is 64.9 Å². The van der Waals surface area contributed by atoms with E-state index in [1.807, 2.05) is 18.2 Å². The lowest BCUT2D eigenvalue weighted by Crippen LogP contribution is -2.20. The summed E-state index contributed by atoms with van der Waals surface area (Å²) in [6, 6.07) is 8.37. The number of aliphatic imine (C=N–C) groups is 2. The van der Waals surface area contributed by atoms with Crippen molar-refractivity contribution in [2.24, 2.45) is 9.98 Å². The van der Waals surface area contributed by atoms with Gasteiger partial charge in [-0.3, -0.25) is 14.8 Å². The molecule has 0 atom stereocenters. The first-order valence-corrected chi connectivity index (χ1v) is 11.6. The lowest BCUT2D eigenvalue weighted by Gasteiger charge is -2.20. The monoisotopic (exact) mass is 497 g/mol. The number of aryl methyl sites for hydroxylation is 1. The number of rotatable bonds is 4. The molecule has 1 aromatic carbocycles. The molecule has 36 heavy (non-hydrogen) atoms. The first-order valence-electron chi connectivity index (χ1n) is 11.3. The highest BCUT2D eigenvalue weighted by atomic mass is 35.5. The molecule has 6 nitrogen and oxygen atoms in total. The Morgan fingerprint density at radius 3 is 2.72 bits per heavy atom. The smallest absolute Gasteiger partial charge is 0.225 e. The largest absolute Gasteiger partial charge is 0.310 e. The highest BCUT2D eigenvalue weighted by Gasteiger charge is 2.23. The zero-order chi connectivity index (χ0) is 25.2. The molecule has 8 heteroatoms. The van der Waals surface area contributed by atoms with Crippen LogP contribution in [0.3, 0.4) is 0 Å². The topological polar surface area (TPSA) is 79.6 Å². The molecule has 0 aliphatic carbocycles. The van der Waals surface area contributed by atoms with Crippen LogP contribution in [0.5, 0.6) is 0 Å². The zero-order valence-corrected chi connectivity index (χ0v) is 20.2. The van der Waals surface area contributed by atoms with E-state index in [0.717, 1.165) is 33.4 Å². The lowest BCUT2D eigenvalue weighted by atomic mass is 9.91.